The van der Waals surface area contributed by atoms with E-state index in [0.29, 0.717) is 12.5 Å². The van der Waals surface area contributed by atoms with Gasteiger partial charge < -0.3 is 4.74 Å². The second kappa shape index (κ2) is 7.43. The summed E-state index contributed by atoms with van der Waals surface area (Å²) in [7, 11) is 1.43. The van der Waals surface area contributed by atoms with Crippen molar-refractivity contribution in [2.24, 2.45) is 0 Å². The molecule has 1 saturated carbocycles. The van der Waals surface area contributed by atoms with E-state index in [2.05, 4.69) is 38.6 Å². The number of carbonyl (C=O) groups is 1. The summed E-state index contributed by atoms with van der Waals surface area (Å²) in [5.74, 6) is -0.153. The molecule has 0 bridgehead atoms. The lowest BCUT2D eigenvalue weighted by atomic mass is 10.3. The second-order valence-corrected chi connectivity index (χ2v) is 5.42. The van der Waals surface area contributed by atoms with Crippen molar-refractivity contribution in [2.75, 3.05) is 20.2 Å². The number of aromatic nitrogens is 2. The zero-order valence-corrected chi connectivity index (χ0v) is 12.5. The van der Waals surface area contributed by atoms with Crippen molar-refractivity contribution < 1.29 is 9.53 Å². The lowest BCUT2D eigenvalue weighted by Crippen LogP contribution is -2.26. The van der Waals surface area contributed by atoms with Crippen LogP contribution < -0.4 is 0 Å². The molecule has 0 unspecified atom stereocenters. The highest BCUT2D eigenvalue weighted by Crippen LogP contribution is 2.28. The van der Waals surface area contributed by atoms with Gasteiger partial charge in [0.15, 0.2) is 0 Å². The largest absolute Gasteiger partial charge is 0.469 e. The SMILES string of the molecule is CCN(CCC(=O)OC)Cc1ccn(C2CCCC2)n1. The second-order valence-electron chi connectivity index (χ2n) is 5.42. The minimum absolute atomic E-state index is 0.153. The van der Waals surface area contributed by atoms with Crippen LogP contribution in [0.5, 0.6) is 0 Å². The highest BCUT2D eigenvalue weighted by atomic mass is 16.5. The molecule has 1 heterocycles. The first-order valence-electron chi connectivity index (χ1n) is 7.56. The number of esters is 1. The summed E-state index contributed by atoms with van der Waals surface area (Å²) in [5, 5.41) is 4.69. The summed E-state index contributed by atoms with van der Waals surface area (Å²) >= 11 is 0. The number of hydrogen-bond donors (Lipinski definition) is 0. The fraction of sp³-hybridized carbons (Fsp3) is 0.733. The average Bonchev–Trinajstić information content (AvgIpc) is 3.13. The monoisotopic (exact) mass is 279 g/mol. The molecule has 1 aromatic heterocycles. The smallest absolute Gasteiger partial charge is 0.306 e. The molecule has 0 amide bonds. The van der Waals surface area contributed by atoms with E-state index in [9.17, 15) is 4.79 Å². The van der Waals surface area contributed by atoms with Crippen LogP contribution in [0.4, 0.5) is 0 Å². The fourth-order valence-electron chi connectivity index (χ4n) is 2.76. The predicted molar refractivity (Wildman–Crippen MR) is 77.3 cm³/mol. The Bertz CT molecular complexity index is 425. The number of nitrogens with zero attached hydrogens (tertiary/aromatic N) is 3. The molecule has 1 aliphatic rings. The van der Waals surface area contributed by atoms with Gasteiger partial charge in [0.05, 0.1) is 25.3 Å². The van der Waals surface area contributed by atoms with Crippen molar-refractivity contribution >= 4 is 5.97 Å². The molecular formula is C15H25N3O2. The standard InChI is InChI=1S/C15H25N3O2/c1-3-17(10-9-15(19)20-2)12-13-8-11-18(16-13)14-6-4-5-7-14/h8,11,14H,3-7,9-10,12H2,1-2H3. The summed E-state index contributed by atoms with van der Waals surface area (Å²) in [6.07, 6.45) is 7.68. The van der Waals surface area contributed by atoms with Gasteiger partial charge in [0.1, 0.15) is 0 Å². The van der Waals surface area contributed by atoms with E-state index < -0.39 is 0 Å². The third kappa shape index (κ3) is 4.07. The van der Waals surface area contributed by atoms with Crippen molar-refractivity contribution in [2.45, 2.75) is 51.6 Å². The van der Waals surface area contributed by atoms with Crippen LogP contribution in [0, 0.1) is 0 Å². The number of methoxy groups -OCH3 is 1. The van der Waals surface area contributed by atoms with E-state index >= 15 is 0 Å². The molecule has 2 rings (SSSR count). The summed E-state index contributed by atoms with van der Waals surface area (Å²) in [6.45, 7) is 4.53. The Morgan fingerprint density at radius 3 is 2.90 bits per heavy atom. The molecular weight excluding hydrogens is 254 g/mol. The van der Waals surface area contributed by atoms with Gasteiger partial charge in [-0.15, -0.1) is 0 Å². The molecule has 1 aliphatic carbocycles. The highest BCUT2D eigenvalue weighted by molar-refractivity contribution is 5.69. The van der Waals surface area contributed by atoms with E-state index in [0.717, 1.165) is 25.3 Å². The molecule has 5 nitrogen and oxygen atoms in total. The van der Waals surface area contributed by atoms with Gasteiger partial charge >= 0.3 is 5.97 Å². The van der Waals surface area contributed by atoms with Crippen molar-refractivity contribution in [3.63, 3.8) is 0 Å². The van der Waals surface area contributed by atoms with Crippen molar-refractivity contribution in [1.29, 1.82) is 0 Å². The Hall–Kier alpha value is -1.36. The minimum atomic E-state index is -0.153. The lowest BCUT2D eigenvalue weighted by molar-refractivity contribution is -0.141. The van der Waals surface area contributed by atoms with Gasteiger partial charge in [-0.2, -0.15) is 5.10 Å². The molecule has 1 fully saturated rings. The van der Waals surface area contributed by atoms with Crippen LogP contribution in [0.3, 0.4) is 0 Å². The number of rotatable bonds is 7. The van der Waals surface area contributed by atoms with E-state index in [4.69, 9.17) is 0 Å². The summed E-state index contributed by atoms with van der Waals surface area (Å²) in [5.41, 5.74) is 1.09. The topological polar surface area (TPSA) is 47.4 Å². The maximum Gasteiger partial charge on any atom is 0.306 e. The Kier molecular flexibility index (Phi) is 5.59. The molecule has 0 spiro atoms. The summed E-state index contributed by atoms with van der Waals surface area (Å²) in [4.78, 5) is 13.4. The Labute approximate surface area is 120 Å². The number of hydrogen-bond acceptors (Lipinski definition) is 4. The van der Waals surface area contributed by atoms with E-state index in [1.165, 1.54) is 32.8 Å². The van der Waals surface area contributed by atoms with Gasteiger partial charge in [0.25, 0.3) is 0 Å². The maximum absolute atomic E-state index is 11.2. The molecule has 0 aliphatic heterocycles. The van der Waals surface area contributed by atoms with Crippen molar-refractivity contribution in [3.05, 3.63) is 18.0 Å². The van der Waals surface area contributed by atoms with Gasteiger partial charge in [-0.1, -0.05) is 19.8 Å². The molecule has 0 N–H and O–H groups in total. The van der Waals surface area contributed by atoms with E-state index in [1.54, 1.807) is 0 Å². The molecule has 112 valence electrons. The van der Waals surface area contributed by atoms with Crippen LogP contribution in [0.25, 0.3) is 0 Å². The van der Waals surface area contributed by atoms with Crippen LogP contribution in [0.15, 0.2) is 12.3 Å². The van der Waals surface area contributed by atoms with Crippen LogP contribution in [-0.2, 0) is 16.1 Å². The Balaban J connectivity index is 1.85. The minimum Gasteiger partial charge on any atom is -0.469 e. The summed E-state index contributed by atoms with van der Waals surface area (Å²) < 4.78 is 6.80. The number of carbonyl (C=O) groups excluding carboxylic acids is 1. The van der Waals surface area contributed by atoms with Crippen molar-refractivity contribution in [3.8, 4) is 0 Å². The zero-order valence-electron chi connectivity index (χ0n) is 12.5. The van der Waals surface area contributed by atoms with Gasteiger partial charge in [0, 0.05) is 19.3 Å². The number of ether oxygens (including phenoxy) is 1. The normalized spacial score (nSPS) is 15.9. The third-order valence-corrected chi connectivity index (χ3v) is 4.06. The Morgan fingerprint density at radius 2 is 2.25 bits per heavy atom. The first-order valence-corrected chi connectivity index (χ1v) is 7.56. The first-order chi connectivity index (χ1) is 9.72. The molecule has 0 atom stereocenters. The molecule has 20 heavy (non-hydrogen) atoms. The van der Waals surface area contributed by atoms with E-state index in [1.807, 2.05) is 0 Å². The first kappa shape index (κ1) is 15.0. The lowest BCUT2D eigenvalue weighted by Gasteiger charge is -2.18. The predicted octanol–water partition coefficient (Wildman–Crippen LogP) is 2.38. The van der Waals surface area contributed by atoms with Crippen molar-refractivity contribution in [1.82, 2.24) is 14.7 Å². The molecule has 0 aromatic carbocycles. The molecule has 0 saturated heterocycles. The van der Waals surface area contributed by atoms with Crippen LogP contribution in [-0.4, -0.2) is 40.8 Å². The third-order valence-electron chi connectivity index (χ3n) is 4.06. The molecule has 5 heteroatoms. The maximum atomic E-state index is 11.2. The molecule has 0 radical (unpaired) electrons. The van der Waals surface area contributed by atoms with Crippen LogP contribution in [0.1, 0.15) is 50.8 Å². The highest BCUT2D eigenvalue weighted by Gasteiger charge is 2.18. The van der Waals surface area contributed by atoms with Gasteiger partial charge in [-0.3, -0.25) is 14.4 Å². The van der Waals surface area contributed by atoms with Crippen LogP contribution >= 0.6 is 0 Å². The van der Waals surface area contributed by atoms with Gasteiger partial charge in [-0.25, -0.2) is 0 Å². The molecule has 1 aromatic rings. The quantitative estimate of drug-likeness (QED) is 0.719. The van der Waals surface area contributed by atoms with E-state index in [-0.39, 0.29) is 5.97 Å². The zero-order chi connectivity index (χ0) is 14.4. The fourth-order valence-corrected chi connectivity index (χ4v) is 2.76. The Morgan fingerprint density at radius 1 is 1.50 bits per heavy atom. The summed E-state index contributed by atoms with van der Waals surface area (Å²) in [6, 6.07) is 2.69. The van der Waals surface area contributed by atoms with Gasteiger partial charge in [-0.05, 0) is 25.5 Å². The average molecular weight is 279 g/mol. The van der Waals surface area contributed by atoms with Crippen LogP contribution in [0.2, 0.25) is 0 Å². The van der Waals surface area contributed by atoms with Gasteiger partial charge in [0.2, 0.25) is 0 Å².